The van der Waals surface area contributed by atoms with Gasteiger partial charge in [-0.25, -0.2) is 14.4 Å². The Morgan fingerprint density at radius 3 is 2.56 bits per heavy atom. The van der Waals surface area contributed by atoms with Crippen molar-refractivity contribution in [1.82, 2.24) is 15.3 Å². The third-order valence-electron chi connectivity index (χ3n) is 4.28. The lowest BCUT2D eigenvalue weighted by molar-refractivity contribution is -0.384. The molecule has 1 N–H and O–H groups in total. The maximum Gasteiger partial charge on any atom is 0.316 e. The molecule has 3 rings (SSSR count). The van der Waals surface area contributed by atoms with E-state index in [1.54, 1.807) is 0 Å². The minimum atomic E-state index is -0.576. The zero-order valence-corrected chi connectivity index (χ0v) is 14.9. The van der Waals surface area contributed by atoms with Gasteiger partial charge < -0.3 is 10.1 Å². The Hall–Kier alpha value is -2.81. The number of ether oxygens (including phenoxy) is 1. The molecule has 10 heteroatoms. The van der Waals surface area contributed by atoms with Crippen molar-refractivity contribution in [2.45, 2.75) is 37.8 Å². The number of aromatic nitrogens is 2. The third-order valence-corrected chi connectivity index (χ3v) is 4.61. The molecule has 1 heterocycles. The minimum absolute atomic E-state index is 0.0731. The van der Waals surface area contributed by atoms with E-state index in [9.17, 15) is 19.3 Å². The van der Waals surface area contributed by atoms with Crippen LogP contribution >= 0.6 is 11.6 Å². The predicted molar refractivity (Wildman–Crippen MR) is 94.2 cm³/mol. The summed E-state index contributed by atoms with van der Waals surface area (Å²) < 4.78 is 18.4. The van der Waals surface area contributed by atoms with Crippen molar-refractivity contribution in [3.8, 4) is 6.01 Å². The van der Waals surface area contributed by atoms with Gasteiger partial charge in [-0.3, -0.25) is 14.9 Å². The van der Waals surface area contributed by atoms with Crippen molar-refractivity contribution in [3.05, 3.63) is 57.1 Å². The van der Waals surface area contributed by atoms with E-state index in [0.29, 0.717) is 25.7 Å². The van der Waals surface area contributed by atoms with E-state index in [1.807, 2.05) is 0 Å². The molecule has 1 saturated carbocycles. The molecule has 1 aromatic heterocycles. The van der Waals surface area contributed by atoms with Crippen LogP contribution in [-0.4, -0.2) is 32.9 Å². The van der Waals surface area contributed by atoms with Crippen LogP contribution in [0.3, 0.4) is 0 Å². The van der Waals surface area contributed by atoms with Crippen LogP contribution in [0.25, 0.3) is 0 Å². The van der Waals surface area contributed by atoms with Crippen LogP contribution in [0.15, 0.2) is 30.6 Å². The molecule has 0 radical (unpaired) electrons. The van der Waals surface area contributed by atoms with Gasteiger partial charge in [0, 0.05) is 18.2 Å². The first-order chi connectivity index (χ1) is 12.9. The Bertz CT molecular complexity index is 841. The number of hydrogen-bond donors (Lipinski definition) is 1. The van der Waals surface area contributed by atoms with Gasteiger partial charge >= 0.3 is 6.01 Å². The van der Waals surface area contributed by atoms with E-state index in [4.69, 9.17) is 16.3 Å². The SMILES string of the molecule is O=C(NC1CCC(Oc2ncc(F)cn2)CC1)c1cc([N+](=O)[O-])ccc1Cl. The molecular formula is C17H16ClFN4O4. The fraction of sp³-hybridized carbons (Fsp3) is 0.353. The van der Waals surface area contributed by atoms with E-state index in [1.165, 1.54) is 12.1 Å². The van der Waals surface area contributed by atoms with Crippen molar-refractivity contribution < 1.29 is 18.8 Å². The standard InChI is InChI=1S/C17H16ClFN4O4/c18-15-6-3-12(23(25)26)7-14(15)16(24)22-11-1-4-13(5-2-11)27-17-20-8-10(19)9-21-17/h3,6-9,11,13H,1-2,4-5H2,(H,22,24). The van der Waals surface area contributed by atoms with E-state index in [0.717, 1.165) is 18.5 Å². The van der Waals surface area contributed by atoms with Gasteiger partial charge in [0.25, 0.3) is 11.6 Å². The number of carbonyl (C=O) groups excluding carboxylic acids is 1. The zero-order chi connectivity index (χ0) is 19.4. The Kier molecular flexibility index (Phi) is 5.80. The molecule has 27 heavy (non-hydrogen) atoms. The second-order valence-electron chi connectivity index (χ2n) is 6.17. The van der Waals surface area contributed by atoms with E-state index in [-0.39, 0.29) is 34.4 Å². The molecule has 1 amide bonds. The summed E-state index contributed by atoms with van der Waals surface area (Å²) in [5.74, 6) is -0.983. The van der Waals surface area contributed by atoms with Crippen LogP contribution in [0.4, 0.5) is 10.1 Å². The van der Waals surface area contributed by atoms with Gasteiger partial charge in [-0.2, -0.15) is 0 Å². The highest BCUT2D eigenvalue weighted by Gasteiger charge is 2.25. The molecule has 1 aliphatic rings. The molecule has 0 saturated heterocycles. The summed E-state index contributed by atoms with van der Waals surface area (Å²) in [6.45, 7) is 0. The molecule has 0 aliphatic heterocycles. The van der Waals surface area contributed by atoms with Gasteiger partial charge in [0.2, 0.25) is 0 Å². The van der Waals surface area contributed by atoms with E-state index in [2.05, 4.69) is 15.3 Å². The summed E-state index contributed by atoms with van der Waals surface area (Å²) >= 11 is 5.99. The summed E-state index contributed by atoms with van der Waals surface area (Å²) in [6, 6.07) is 3.77. The third kappa shape index (κ3) is 4.88. The monoisotopic (exact) mass is 394 g/mol. The smallest absolute Gasteiger partial charge is 0.316 e. The van der Waals surface area contributed by atoms with Crippen LogP contribution in [0.1, 0.15) is 36.0 Å². The van der Waals surface area contributed by atoms with E-state index < -0.39 is 16.6 Å². The number of benzene rings is 1. The lowest BCUT2D eigenvalue weighted by Gasteiger charge is -2.28. The van der Waals surface area contributed by atoms with Crippen LogP contribution in [0, 0.1) is 15.9 Å². The number of nitrogens with zero attached hydrogens (tertiary/aromatic N) is 3. The molecule has 0 spiro atoms. The first-order valence-electron chi connectivity index (χ1n) is 8.31. The Morgan fingerprint density at radius 1 is 1.26 bits per heavy atom. The number of halogens is 2. The zero-order valence-electron chi connectivity index (χ0n) is 14.1. The molecule has 1 aliphatic carbocycles. The lowest BCUT2D eigenvalue weighted by Crippen LogP contribution is -2.39. The first-order valence-corrected chi connectivity index (χ1v) is 8.69. The molecule has 0 atom stereocenters. The highest BCUT2D eigenvalue weighted by molar-refractivity contribution is 6.33. The molecule has 0 bridgehead atoms. The van der Waals surface area contributed by atoms with Crippen LogP contribution < -0.4 is 10.1 Å². The van der Waals surface area contributed by atoms with Crippen molar-refractivity contribution in [3.63, 3.8) is 0 Å². The molecule has 1 aromatic carbocycles. The van der Waals surface area contributed by atoms with Crippen molar-refractivity contribution in [2.24, 2.45) is 0 Å². The number of nitro groups is 1. The number of hydrogen-bond acceptors (Lipinski definition) is 6. The minimum Gasteiger partial charge on any atom is -0.460 e. The van der Waals surface area contributed by atoms with E-state index >= 15 is 0 Å². The second kappa shape index (κ2) is 8.26. The topological polar surface area (TPSA) is 107 Å². The summed E-state index contributed by atoms with van der Waals surface area (Å²) in [6.07, 6.45) is 4.59. The summed E-state index contributed by atoms with van der Waals surface area (Å²) in [4.78, 5) is 30.2. The number of rotatable bonds is 5. The molecule has 2 aromatic rings. The predicted octanol–water partition coefficient (Wildman–Crippen LogP) is 3.30. The van der Waals surface area contributed by atoms with Crippen molar-refractivity contribution in [1.29, 1.82) is 0 Å². The van der Waals surface area contributed by atoms with Gasteiger partial charge in [-0.1, -0.05) is 11.6 Å². The molecule has 8 nitrogen and oxygen atoms in total. The Balaban J connectivity index is 1.54. The van der Waals surface area contributed by atoms with Crippen molar-refractivity contribution >= 4 is 23.2 Å². The van der Waals surface area contributed by atoms with Gasteiger partial charge in [0.15, 0.2) is 5.82 Å². The fourth-order valence-electron chi connectivity index (χ4n) is 2.90. The number of non-ortho nitro benzene ring substituents is 1. The number of carbonyl (C=O) groups is 1. The number of nitro benzene ring substituents is 1. The summed E-state index contributed by atoms with van der Waals surface area (Å²) in [5.41, 5.74) is -0.120. The Labute approximate surface area is 158 Å². The average molecular weight is 395 g/mol. The van der Waals surface area contributed by atoms with Crippen LogP contribution in [0.5, 0.6) is 6.01 Å². The molecule has 142 valence electrons. The maximum absolute atomic E-state index is 12.8. The van der Waals surface area contributed by atoms with Crippen LogP contribution in [-0.2, 0) is 0 Å². The number of amides is 1. The molecular weight excluding hydrogens is 379 g/mol. The average Bonchev–Trinajstić information content (AvgIpc) is 2.65. The molecule has 0 unspecified atom stereocenters. The molecule has 1 fully saturated rings. The maximum atomic E-state index is 12.8. The Morgan fingerprint density at radius 2 is 1.93 bits per heavy atom. The quantitative estimate of drug-likeness (QED) is 0.615. The van der Waals surface area contributed by atoms with Gasteiger partial charge in [-0.05, 0) is 31.7 Å². The summed E-state index contributed by atoms with van der Waals surface area (Å²) in [7, 11) is 0. The van der Waals surface area contributed by atoms with Crippen LogP contribution in [0.2, 0.25) is 5.02 Å². The highest BCUT2D eigenvalue weighted by Crippen LogP contribution is 2.25. The first kappa shape index (κ1) is 19.0. The number of nitrogens with one attached hydrogen (secondary N) is 1. The van der Waals surface area contributed by atoms with Gasteiger partial charge in [-0.15, -0.1) is 0 Å². The largest absolute Gasteiger partial charge is 0.460 e. The normalized spacial score (nSPS) is 19.3. The highest BCUT2D eigenvalue weighted by atomic mass is 35.5. The van der Waals surface area contributed by atoms with Crippen molar-refractivity contribution in [2.75, 3.05) is 0 Å². The van der Waals surface area contributed by atoms with Gasteiger partial charge in [0.05, 0.1) is 27.9 Å². The van der Waals surface area contributed by atoms with Gasteiger partial charge in [0.1, 0.15) is 6.10 Å². The summed E-state index contributed by atoms with van der Waals surface area (Å²) in [5, 5.41) is 13.9. The lowest BCUT2D eigenvalue weighted by atomic mass is 9.92. The fourth-order valence-corrected chi connectivity index (χ4v) is 3.10. The second-order valence-corrected chi connectivity index (χ2v) is 6.58.